The average Bonchev–Trinajstić information content (AvgIpc) is 2.89. The number of carbonyl (C=O) groups excluding carboxylic acids is 1. The predicted molar refractivity (Wildman–Crippen MR) is 84.9 cm³/mol. The fourth-order valence-electron chi connectivity index (χ4n) is 3.12. The summed E-state index contributed by atoms with van der Waals surface area (Å²) in [6, 6.07) is 4.02. The summed E-state index contributed by atoms with van der Waals surface area (Å²) in [6.07, 6.45) is 5.10. The molecule has 0 bridgehead atoms. The van der Waals surface area contributed by atoms with Crippen LogP contribution in [0.25, 0.3) is 10.9 Å². The lowest BCUT2D eigenvalue weighted by Crippen LogP contribution is -2.47. The Kier molecular flexibility index (Phi) is 2.91. The van der Waals surface area contributed by atoms with E-state index in [2.05, 4.69) is 15.7 Å². The number of nitrogens with one attached hydrogen (secondary N) is 2. The number of hydrogen-bond acceptors (Lipinski definition) is 4. The molecule has 1 aromatic heterocycles. The molecule has 1 fully saturated rings. The van der Waals surface area contributed by atoms with E-state index in [9.17, 15) is 4.79 Å². The van der Waals surface area contributed by atoms with Gasteiger partial charge in [-0.1, -0.05) is 0 Å². The number of nitrogens with zero attached hydrogens (tertiary/aromatic N) is 2. The molecule has 1 atom stereocenters. The van der Waals surface area contributed by atoms with Crippen LogP contribution in [0.5, 0.6) is 0 Å². The monoisotopic (exact) mass is 300 g/mol. The van der Waals surface area contributed by atoms with Gasteiger partial charge in [-0.15, -0.1) is 0 Å². The molecule has 3 heterocycles. The maximum Gasteiger partial charge on any atom is 0.249 e. The second-order valence-electron chi connectivity index (χ2n) is 6.57. The van der Waals surface area contributed by atoms with Crippen molar-refractivity contribution in [3.05, 3.63) is 18.3 Å². The lowest BCUT2D eigenvalue weighted by molar-refractivity contribution is -0.119. The third-order valence-electron chi connectivity index (χ3n) is 4.43. The molecule has 22 heavy (non-hydrogen) atoms. The average molecular weight is 300 g/mol. The summed E-state index contributed by atoms with van der Waals surface area (Å²) in [5, 5.41) is 11.8. The third kappa shape index (κ3) is 2.06. The van der Waals surface area contributed by atoms with Crippen molar-refractivity contribution in [1.29, 1.82) is 0 Å². The van der Waals surface area contributed by atoms with E-state index >= 15 is 0 Å². The zero-order chi connectivity index (χ0) is 15.3. The van der Waals surface area contributed by atoms with Crippen molar-refractivity contribution < 1.29 is 9.53 Å². The Balaban J connectivity index is 1.78. The van der Waals surface area contributed by atoms with Gasteiger partial charge in [-0.05, 0) is 45.2 Å². The number of anilines is 2. The molecule has 0 spiro atoms. The molecule has 0 radical (unpaired) electrons. The lowest BCUT2D eigenvalue weighted by atomic mass is 9.99. The third-order valence-corrected chi connectivity index (χ3v) is 4.43. The van der Waals surface area contributed by atoms with Crippen molar-refractivity contribution in [2.75, 3.05) is 17.2 Å². The molecule has 6 nitrogen and oxygen atoms in total. The van der Waals surface area contributed by atoms with Crippen LogP contribution in [0, 0.1) is 0 Å². The quantitative estimate of drug-likeness (QED) is 0.849. The molecule has 2 N–H and O–H groups in total. The molecule has 2 aliphatic heterocycles. The van der Waals surface area contributed by atoms with Gasteiger partial charge < -0.3 is 15.4 Å². The van der Waals surface area contributed by atoms with Crippen LogP contribution >= 0.6 is 0 Å². The van der Waals surface area contributed by atoms with E-state index in [1.807, 2.05) is 36.9 Å². The number of ether oxygens (including phenoxy) is 1. The molecule has 1 amide bonds. The van der Waals surface area contributed by atoms with Gasteiger partial charge in [-0.2, -0.15) is 5.10 Å². The molecule has 0 aliphatic carbocycles. The summed E-state index contributed by atoms with van der Waals surface area (Å²) in [4.78, 5) is 12.1. The number of amides is 1. The number of fused-ring (bicyclic) bond motifs is 2. The first-order chi connectivity index (χ1) is 10.5. The van der Waals surface area contributed by atoms with E-state index in [0.717, 1.165) is 48.1 Å². The summed E-state index contributed by atoms with van der Waals surface area (Å²) in [7, 11) is 0. The molecule has 2 aliphatic rings. The predicted octanol–water partition coefficient (Wildman–Crippen LogP) is 2.88. The summed E-state index contributed by atoms with van der Waals surface area (Å²) in [5.41, 5.74) is 2.12. The Morgan fingerprint density at radius 2 is 2.18 bits per heavy atom. The van der Waals surface area contributed by atoms with Crippen molar-refractivity contribution >= 4 is 28.2 Å². The molecule has 2 aromatic rings. The molecule has 0 saturated carbocycles. The molecule has 1 aromatic carbocycles. The van der Waals surface area contributed by atoms with Crippen LogP contribution in [0.3, 0.4) is 0 Å². The summed E-state index contributed by atoms with van der Waals surface area (Å²) in [5.74, 6) is -0.0284. The first-order valence-corrected chi connectivity index (χ1v) is 7.77. The normalized spacial score (nSPS) is 23.7. The smallest absolute Gasteiger partial charge is 0.249 e. The molecular formula is C16H20N4O2. The standard InChI is InChI=1S/C16H20N4O2/c1-16(2)15(21)18-11-8-13-10(7-12(11)19-16)9-17-20(13)14-5-3-4-6-22-14/h7-9,14,19H,3-6H2,1-2H3,(H,18,21). The maximum absolute atomic E-state index is 12.1. The molecule has 6 heteroatoms. The van der Waals surface area contributed by atoms with Crippen molar-refractivity contribution in [3.8, 4) is 0 Å². The minimum Gasteiger partial charge on any atom is -0.370 e. The topological polar surface area (TPSA) is 68.2 Å². The molecule has 116 valence electrons. The van der Waals surface area contributed by atoms with E-state index in [0.29, 0.717) is 0 Å². The van der Waals surface area contributed by atoms with Crippen molar-refractivity contribution in [1.82, 2.24) is 9.78 Å². The summed E-state index contributed by atoms with van der Waals surface area (Å²) in [6.45, 7) is 4.52. The fourth-order valence-corrected chi connectivity index (χ4v) is 3.12. The minimum atomic E-state index is -0.608. The maximum atomic E-state index is 12.1. The van der Waals surface area contributed by atoms with Gasteiger partial charge in [0.2, 0.25) is 5.91 Å². The van der Waals surface area contributed by atoms with Gasteiger partial charge in [0.1, 0.15) is 5.54 Å². The minimum absolute atomic E-state index is 0.00649. The van der Waals surface area contributed by atoms with Crippen LogP contribution in [0.4, 0.5) is 11.4 Å². The van der Waals surface area contributed by atoms with Gasteiger partial charge in [0.15, 0.2) is 6.23 Å². The Morgan fingerprint density at radius 3 is 2.95 bits per heavy atom. The Morgan fingerprint density at radius 1 is 1.32 bits per heavy atom. The highest BCUT2D eigenvalue weighted by Crippen LogP contribution is 2.36. The van der Waals surface area contributed by atoms with Gasteiger partial charge in [-0.3, -0.25) is 4.79 Å². The first-order valence-electron chi connectivity index (χ1n) is 7.77. The van der Waals surface area contributed by atoms with Gasteiger partial charge in [-0.25, -0.2) is 4.68 Å². The molecular weight excluding hydrogens is 280 g/mol. The van der Waals surface area contributed by atoms with Crippen LogP contribution < -0.4 is 10.6 Å². The van der Waals surface area contributed by atoms with Gasteiger partial charge in [0, 0.05) is 12.0 Å². The van der Waals surface area contributed by atoms with Gasteiger partial charge in [0.05, 0.1) is 23.1 Å². The van der Waals surface area contributed by atoms with Crippen LogP contribution in [-0.2, 0) is 9.53 Å². The second kappa shape index (κ2) is 4.71. The number of aromatic nitrogens is 2. The molecule has 1 saturated heterocycles. The second-order valence-corrected chi connectivity index (χ2v) is 6.57. The number of carbonyl (C=O) groups is 1. The van der Waals surface area contributed by atoms with Gasteiger partial charge >= 0.3 is 0 Å². The zero-order valence-electron chi connectivity index (χ0n) is 12.8. The fraction of sp³-hybridized carbons (Fsp3) is 0.500. The van der Waals surface area contributed by atoms with Gasteiger partial charge in [0.25, 0.3) is 0 Å². The first kappa shape index (κ1) is 13.6. The highest BCUT2D eigenvalue weighted by molar-refractivity contribution is 6.07. The van der Waals surface area contributed by atoms with Crippen molar-refractivity contribution in [2.45, 2.75) is 44.9 Å². The van der Waals surface area contributed by atoms with E-state index in [4.69, 9.17) is 4.74 Å². The highest BCUT2D eigenvalue weighted by atomic mass is 16.5. The van der Waals surface area contributed by atoms with E-state index in [1.165, 1.54) is 0 Å². The Hall–Kier alpha value is -2.08. The molecule has 1 unspecified atom stereocenters. The number of hydrogen-bond donors (Lipinski definition) is 2. The van der Waals surface area contributed by atoms with E-state index < -0.39 is 5.54 Å². The van der Waals surface area contributed by atoms with Crippen LogP contribution in [-0.4, -0.2) is 27.8 Å². The molecule has 4 rings (SSSR count). The summed E-state index contributed by atoms with van der Waals surface area (Å²) < 4.78 is 7.76. The highest BCUT2D eigenvalue weighted by Gasteiger charge is 2.33. The SMILES string of the molecule is CC1(C)Nc2cc3cnn(C4CCCCO4)c3cc2NC1=O. The van der Waals surface area contributed by atoms with Crippen molar-refractivity contribution in [3.63, 3.8) is 0 Å². The summed E-state index contributed by atoms with van der Waals surface area (Å²) >= 11 is 0. The van der Waals surface area contributed by atoms with Crippen LogP contribution in [0.1, 0.15) is 39.3 Å². The Bertz CT molecular complexity index is 744. The largest absolute Gasteiger partial charge is 0.370 e. The number of rotatable bonds is 1. The van der Waals surface area contributed by atoms with Crippen LogP contribution in [0.2, 0.25) is 0 Å². The van der Waals surface area contributed by atoms with Crippen LogP contribution in [0.15, 0.2) is 18.3 Å². The number of benzene rings is 1. The van der Waals surface area contributed by atoms with Crippen molar-refractivity contribution in [2.24, 2.45) is 0 Å². The lowest BCUT2D eigenvalue weighted by Gasteiger charge is -2.33. The zero-order valence-corrected chi connectivity index (χ0v) is 12.8. The Labute approximate surface area is 128 Å². The van der Waals surface area contributed by atoms with E-state index in [-0.39, 0.29) is 12.1 Å². The van der Waals surface area contributed by atoms with E-state index in [1.54, 1.807) is 0 Å².